The zero-order valence-electron chi connectivity index (χ0n) is 18.5. The van der Waals surface area contributed by atoms with E-state index in [1.54, 1.807) is 26.4 Å². The molecule has 0 atom stereocenters. The molecule has 0 spiro atoms. The lowest BCUT2D eigenvalue weighted by molar-refractivity contribution is 0.355. The van der Waals surface area contributed by atoms with Crippen molar-refractivity contribution in [2.45, 2.75) is 6.92 Å². The molecule has 0 bridgehead atoms. The van der Waals surface area contributed by atoms with E-state index in [4.69, 9.17) is 9.47 Å². The van der Waals surface area contributed by atoms with E-state index < -0.39 is 0 Å². The Bertz CT molecular complexity index is 1280. The van der Waals surface area contributed by atoms with E-state index in [1.807, 2.05) is 61.5 Å². The van der Waals surface area contributed by atoms with Crippen LogP contribution in [0.3, 0.4) is 0 Å². The average Bonchev–Trinajstić information content (AvgIpc) is 2.87. The molecular formula is C26H23FN4O2. The van der Waals surface area contributed by atoms with E-state index in [1.165, 1.54) is 12.1 Å². The summed E-state index contributed by atoms with van der Waals surface area (Å²) in [7, 11) is 3.19. The molecule has 1 N–H and O–H groups in total. The molecule has 1 heterocycles. The Morgan fingerprint density at radius 1 is 0.788 bits per heavy atom. The van der Waals surface area contributed by atoms with E-state index in [0.29, 0.717) is 28.9 Å². The summed E-state index contributed by atoms with van der Waals surface area (Å²) >= 11 is 0. The van der Waals surface area contributed by atoms with Crippen molar-refractivity contribution in [2.24, 2.45) is 5.10 Å². The summed E-state index contributed by atoms with van der Waals surface area (Å²) in [5.74, 6) is 1.28. The molecular weight excluding hydrogens is 419 g/mol. The maximum absolute atomic E-state index is 13.2. The number of nitrogens with zero attached hydrogens (tertiary/aromatic N) is 3. The molecule has 6 nitrogen and oxygen atoms in total. The second-order valence-corrected chi connectivity index (χ2v) is 7.21. The molecule has 0 radical (unpaired) electrons. The Morgan fingerprint density at radius 2 is 1.45 bits per heavy atom. The number of hydrogen-bond acceptors (Lipinski definition) is 6. The van der Waals surface area contributed by atoms with E-state index in [9.17, 15) is 4.39 Å². The van der Waals surface area contributed by atoms with Crippen LogP contribution < -0.4 is 14.9 Å². The molecule has 0 saturated carbocycles. The first-order chi connectivity index (χ1) is 16.1. The zero-order valence-corrected chi connectivity index (χ0v) is 18.5. The number of nitrogens with one attached hydrogen (secondary N) is 1. The van der Waals surface area contributed by atoms with Gasteiger partial charge in [0, 0.05) is 11.1 Å². The second kappa shape index (κ2) is 9.91. The standard InChI is InChI=1S/C26H23FN4O2/c1-17(18-9-12-21(27)13-10-18)30-31-26-28-22(19-7-5-4-6-8-19)16-23(29-26)20-11-14-24(32-2)25(15-20)33-3/h4-16H,1-3H3,(H,28,29,31)/b30-17+. The minimum absolute atomic E-state index is 0.294. The summed E-state index contributed by atoms with van der Waals surface area (Å²) in [6.45, 7) is 1.83. The SMILES string of the molecule is COc1ccc(-c2cc(-c3ccccc3)nc(N/N=C(\C)c3ccc(F)cc3)n2)cc1OC. The van der Waals surface area contributed by atoms with Crippen molar-refractivity contribution >= 4 is 11.7 Å². The van der Waals surface area contributed by atoms with Gasteiger partial charge in [0.2, 0.25) is 5.95 Å². The highest BCUT2D eigenvalue weighted by Gasteiger charge is 2.12. The molecule has 33 heavy (non-hydrogen) atoms. The van der Waals surface area contributed by atoms with Gasteiger partial charge in [-0.3, -0.25) is 0 Å². The van der Waals surface area contributed by atoms with Gasteiger partial charge in [-0.15, -0.1) is 0 Å². The molecule has 0 aliphatic carbocycles. The fourth-order valence-corrected chi connectivity index (χ4v) is 3.29. The smallest absolute Gasteiger partial charge is 0.244 e. The van der Waals surface area contributed by atoms with Gasteiger partial charge in [-0.25, -0.2) is 19.8 Å². The summed E-state index contributed by atoms with van der Waals surface area (Å²) in [5, 5.41) is 4.40. The number of anilines is 1. The highest BCUT2D eigenvalue weighted by atomic mass is 19.1. The van der Waals surface area contributed by atoms with E-state index in [2.05, 4.69) is 20.5 Å². The monoisotopic (exact) mass is 442 g/mol. The Balaban J connectivity index is 1.74. The highest BCUT2D eigenvalue weighted by molar-refractivity contribution is 5.99. The van der Waals surface area contributed by atoms with Crippen molar-refractivity contribution in [2.75, 3.05) is 19.6 Å². The Kier molecular flexibility index (Phi) is 6.59. The average molecular weight is 442 g/mol. The predicted molar refractivity (Wildman–Crippen MR) is 128 cm³/mol. The van der Waals surface area contributed by atoms with Crippen molar-refractivity contribution < 1.29 is 13.9 Å². The van der Waals surface area contributed by atoms with Crippen molar-refractivity contribution in [3.05, 3.63) is 90.2 Å². The number of hydrazone groups is 1. The molecule has 0 aliphatic rings. The number of methoxy groups -OCH3 is 2. The molecule has 0 unspecified atom stereocenters. The van der Waals surface area contributed by atoms with E-state index in [-0.39, 0.29) is 5.82 Å². The van der Waals surface area contributed by atoms with Gasteiger partial charge in [0.1, 0.15) is 5.82 Å². The van der Waals surface area contributed by atoms with Crippen molar-refractivity contribution in [3.8, 4) is 34.0 Å². The van der Waals surface area contributed by atoms with Crippen molar-refractivity contribution in [1.82, 2.24) is 9.97 Å². The van der Waals surface area contributed by atoms with Crippen LogP contribution in [0.15, 0.2) is 84.0 Å². The van der Waals surface area contributed by atoms with Gasteiger partial charge in [0.25, 0.3) is 0 Å². The number of benzene rings is 3. The van der Waals surface area contributed by atoms with Crippen molar-refractivity contribution in [1.29, 1.82) is 0 Å². The molecule has 4 aromatic rings. The molecule has 166 valence electrons. The molecule has 7 heteroatoms. The summed E-state index contributed by atoms with van der Waals surface area (Å²) in [6.07, 6.45) is 0. The van der Waals surface area contributed by atoms with Crippen molar-refractivity contribution in [3.63, 3.8) is 0 Å². The van der Waals surface area contributed by atoms with E-state index >= 15 is 0 Å². The lowest BCUT2D eigenvalue weighted by Crippen LogP contribution is -2.04. The molecule has 0 aliphatic heterocycles. The first-order valence-electron chi connectivity index (χ1n) is 10.3. The summed E-state index contributed by atoms with van der Waals surface area (Å²) in [4.78, 5) is 9.29. The number of ether oxygens (including phenoxy) is 2. The van der Waals surface area contributed by atoms with Crippen LogP contribution >= 0.6 is 0 Å². The third-order valence-corrected chi connectivity index (χ3v) is 5.06. The summed E-state index contributed by atoms with van der Waals surface area (Å²) < 4.78 is 24.0. The maximum Gasteiger partial charge on any atom is 0.244 e. The van der Waals surface area contributed by atoms with Crippen LogP contribution in [0.25, 0.3) is 22.5 Å². The Hall–Kier alpha value is -4.26. The normalized spacial score (nSPS) is 11.2. The third-order valence-electron chi connectivity index (χ3n) is 5.06. The van der Waals surface area contributed by atoms with Crippen LogP contribution in [0.5, 0.6) is 11.5 Å². The summed E-state index contributed by atoms with van der Waals surface area (Å²) in [6, 6.07) is 23.5. The van der Waals surface area contributed by atoms with Gasteiger partial charge in [-0.05, 0) is 48.9 Å². The molecule has 4 rings (SSSR count). The fourth-order valence-electron chi connectivity index (χ4n) is 3.29. The van der Waals surface area contributed by atoms with Crippen LogP contribution in [0.1, 0.15) is 12.5 Å². The lowest BCUT2D eigenvalue weighted by atomic mass is 10.1. The predicted octanol–water partition coefficient (Wildman–Crippen LogP) is 5.80. The first kappa shape index (κ1) is 22.0. The van der Waals surface area contributed by atoms with Gasteiger partial charge >= 0.3 is 0 Å². The maximum atomic E-state index is 13.2. The van der Waals surface area contributed by atoms with Crippen LogP contribution in [0.4, 0.5) is 10.3 Å². The first-order valence-corrected chi connectivity index (χ1v) is 10.3. The summed E-state index contributed by atoms with van der Waals surface area (Å²) in [5.41, 5.74) is 7.65. The van der Waals surface area contributed by atoms with Crippen LogP contribution in [-0.2, 0) is 0 Å². The number of rotatable bonds is 7. The highest BCUT2D eigenvalue weighted by Crippen LogP contribution is 2.33. The van der Waals surface area contributed by atoms with E-state index in [0.717, 1.165) is 22.4 Å². The second-order valence-electron chi connectivity index (χ2n) is 7.21. The van der Waals surface area contributed by atoms with Gasteiger partial charge in [0.05, 0.1) is 31.3 Å². The fraction of sp³-hybridized carbons (Fsp3) is 0.115. The molecule has 0 fully saturated rings. The number of aromatic nitrogens is 2. The van der Waals surface area contributed by atoms with Crippen LogP contribution in [0, 0.1) is 5.82 Å². The van der Waals surface area contributed by atoms with Gasteiger partial charge < -0.3 is 9.47 Å². The lowest BCUT2D eigenvalue weighted by Gasteiger charge is -2.12. The molecule has 0 amide bonds. The van der Waals surface area contributed by atoms with Gasteiger partial charge in [-0.1, -0.05) is 42.5 Å². The zero-order chi connectivity index (χ0) is 23.2. The number of hydrogen-bond donors (Lipinski definition) is 1. The molecule has 1 aromatic heterocycles. The Morgan fingerprint density at radius 3 is 2.12 bits per heavy atom. The Labute approximate surface area is 191 Å². The van der Waals surface area contributed by atoms with Gasteiger partial charge in [0.15, 0.2) is 11.5 Å². The largest absolute Gasteiger partial charge is 0.493 e. The minimum Gasteiger partial charge on any atom is -0.493 e. The van der Waals surface area contributed by atoms with Crippen LogP contribution in [0.2, 0.25) is 0 Å². The van der Waals surface area contributed by atoms with Gasteiger partial charge in [-0.2, -0.15) is 5.10 Å². The minimum atomic E-state index is -0.294. The number of halogens is 1. The quantitative estimate of drug-likeness (QED) is 0.289. The topological polar surface area (TPSA) is 68.6 Å². The molecule has 0 saturated heterocycles. The van der Waals surface area contributed by atoms with Crippen LogP contribution in [-0.4, -0.2) is 29.9 Å². The third kappa shape index (κ3) is 5.15. The molecule has 3 aromatic carbocycles.